The smallest absolute Gasteiger partial charge is 0.0127 e. The van der Waals surface area contributed by atoms with E-state index >= 15 is 0 Å². The third-order valence-electron chi connectivity index (χ3n) is 5.15. The minimum atomic E-state index is 0.777. The van der Waals surface area contributed by atoms with Gasteiger partial charge in [0.25, 0.3) is 0 Å². The number of nitrogens with zero attached hydrogens (tertiary/aromatic N) is 1. The summed E-state index contributed by atoms with van der Waals surface area (Å²) in [5.74, 6) is 1.81. The predicted octanol–water partition coefficient (Wildman–Crippen LogP) is 3.67. The zero-order valence-corrected chi connectivity index (χ0v) is 13.3. The van der Waals surface area contributed by atoms with E-state index in [0.717, 1.165) is 23.9 Å². The summed E-state index contributed by atoms with van der Waals surface area (Å²) in [7, 11) is 0. The van der Waals surface area contributed by atoms with Gasteiger partial charge < -0.3 is 5.32 Å². The Kier molecular flexibility index (Phi) is 6.15. The van der Waals surface area contributed by atoms with Gasteiger partial charge in [-0.1, -0.05) is 26.7 Å². The summed E-state index contributed by atoms with van der Waals surface area (Å²) >= 11 is 0. The van der Waals surface area contributed by atoms with Gasteiger partial charge >= 0.3 is 0 Å². The molecule has 1 aliphatic heterocycles. The van der Waals surface area contributed by atoms with Crippen LogP contribution in [-0.4, -0.2) is 36.6 Å². The van der Waals surface area contributed by atoms with E-state index in [4.69, 9.17) is 0 Å². The molecule has 2 fully saturated rings. The second kappa shape index (κ2) is 7.64. The van der Waals surface area contributed by atoms with Crippen molar-refractivity contribution >= 4 is 0 Å². The highest BCUT2D eigenvalue weighted by Crippen LogP contribution is 2.37. The van der Waals surface area contributed by atoms with Crippen molar-refractivity contribution in [1.82, 2.24) is 10.2 Å². The molecule has 0 amide bonds. The first kappa shape index (κ1) is 15.3. The van der Waals surface area contributed by atoms with Crippen molar-refractivity contribution in [1.29, 1.82) is 0 Å². The van der Waals surface area contributed by atoms with Crippen molar-refractivity contribution in [3.63, 3.8) is 0 Å². The van der Waals surface area contributed by atoms with Crippen molar-refractivity contribution in [3.05, 3.63) is 0 Å². The van der Waals surface area contributed by atoms with Gasteiger partial charge in [0, 0.05) is 12.1 Å². The molecule has 2 heteroatoms. The van der Waals surface area contributed by atoms with E-state index in [1.807, 2.05) is 0 Å². The highest BCUT2D eigenvalue weighted by Gasteiger charge is 2.37. The van der Waals surface area contributed by atoms with E-state index in [0.29, 0.717) is 0 Å². The van der Waals surface area contributed by atoms with Gasteiger partial charge in [0.05, 0.1) is 0 Å². The lowest BCUT2D eigenvalue weighted by Crippen LogP contribution is -2.40. The molecule has 0 radical (unpaired) electrons. The number of hydrogen-bond acceptors (Lipinski definition) is 2. The number of hydrogen-bond donors (Lipinski definition) is 1. The largest absolute Gasteiger partial charge is 0.316 e. The van der Waals surface area contributed by atoms with Gasteiger partial charge in [-0.05, 0) is 70.5 Å². The SMILES string of the molecule is CC(C)CNCCCC(C)N1CCC2CCCCC21. The maximum absolute atomic E-state index is 3.57. The summed E-state index contributed by atoms with van der Waals surface area (Å²) in [6, 6.07) is 1.74. The molecule has 2 nitrogen and oxygen atoms in total. The average Bonchev–Trinajstić information content (AvgIpc) is 2.81. The summed E-state index contributed by atoms with van der Waals surface area (Å²) in [6.45, 7) is 10.8. The van der Waals surface area contributed by atoms with Crippen LogP contribution in [-0.2, 0) is 0 Å². The average molecular weight is 266 g/mol. The zero-order valence-electron chi connectivity index (χ0n) is 13.3. The quantitative estimate of drug-likeness (QED) is 0.707. The third-order valence-corrected chi connectivity index (χ3v) is 5.15. The number of fused-ring (bicyclic) bond motifs is 1. The second-order valence-corrected chi connectivity index (χ2v) is 7.23. The van der Waals surface area contributed by atoms with Gasteiger partial charge in [-0.2, -0.15) is 0 Å². The fraction of sp³-hybridized carbons (Fsp3) is 1.00. The summed E-state index contributed by atoms with van der Waals surface area (Å²) < 4.78 is 0. The molecular formula is C17H34N2. The van der Waals surface area contributed by atoms with Crippen molar-refractivity contribution in [2.45, 2.75) is 77.8 Å². The lowest BCUT2D eigenvalue weighted by molar-refractivity contribution is 0.134. The zero-order chi connectivity index (χ0) is 13.7. The van der Waals surface area contributed by atoms with E-state index in [-0.39, 0.29) is 0 Å². The predicted molar refractivity (Wildman–Crippen MR) is 83.5 cm³/mol. The lowest BCUT2D eigenvalue weighted by atomic mass is 9.85. The fourth-order valence-electron chi connectivity index (χ4n) is 4.07. The monoisotopic (exact) mass is 266 g/mol. The molecule has 2 aliphatic rings. The van der Waals surface area contributed by atoms with E-state index in [9.17, 15) is 0 Å². The van der Waals surface area contributed by atoms with Crippen LogP contribution in [0.25, 0.3) is 0 Å². The molecule has 112 valence electrons. The van der Waals surface area contributed by atoms with E-state index < -0.39 is 0 Å². The molecule has 3 atom stereocenters. The van der Waals surface area contributed by atoms with Crippen LogP contribution in [0.2, 0.25) is 0 Å². The first-order chi connectivity index (χ1) is 9.18. The molecule has 1 aliphatic carbocycles. The van der Waals surface area contributed by atoms with Crippen LogP contribution in [0, 0.1) is 11.8 Å². The van der Waals surface area contributed by atoms with E-state index in [1.54, 1.807) is 0 Å². The lowest BCUT2D eigenvalue weighted by Gasteiger charge is -2.35. The van der Waals surface area contributed by atoms with Gasteiger partial charge in [-0.15, -0.1) is 0 Å². The first-order valence-electron chi connectivity index (χ1n) is 8.65. The molecule has 1 saturated heterocycles. The Balaban J connectivity index is 1.64. The Hall–Kier alpha value is -0.0800. The van der Waals surface area contributed by atoms with Crippen LogP contribution in [0.5, 0.6) is 0 Å². The van der Waals surface area contributed by atoms with Gasteiger partial charge in [0.1, 0.15) is 0 Å². The number of likely N-dealkylation sites (tertiary alicyclic amines) is 1. The maximum atomic E-state index is 3.57. The molecule has 1 saturated carbocycles. The molecule has 0 bridgehead atoms. The van der Waals surface area contributed by atoms with Crippen molar-refractivity contribution < 1.29 is 0 Å². The van der Waals surface area contributed by atoms with Gasteiger partial charge in [-0.3, -0.25) is 4.90 Å². The van der Waals surface area contributed by atoms with Crippen LogP contribution in [0.3, 0.4) is 0 Å². The highest BCUT2D eigenvalue weighted by atomic mass is 15.2. The van der Waals surface area contributed by atoms with Gasteiger partial charge in [0.2, 0.25) is 0 Å². The molecule has 2 rings (SSSR count). The Bertz CT molecular complexity index is 252. The summed E-state index contributed by atoms with van der Waals surface area (Å²) in [5.41, 5.74) is 0. The summed E-state index contributed by atoms with van der Waals surface area (Å²) in [4.78, 5) is 2.84. The molecule has 0 aromatic carbocycles. The van der Waals surface area contributed by atoms with Gasteiger partial charge in [-0.25, -0.2) is 0 Å². The molecule has 0 spiro atoms. The van der Waals surface area contributed by atoms with Crippen LogP contribution in [0.4, 0.5) is 0 Å². The Morgan fingerprint density at radius 2 is 1.89 bits per heavy atom. The maximum Gasteiger partial charge on any atom is 0.0127 e. The van der Waals surface area contributed by atoms with Crippen molar-refractivity contribution in [2.24, 2.45) is 11.8 Å². The second-order valence-electron chi connectivity index (χ2n) is 7.23. The fourth-order valence-corrected chi connectivity index (χ4v) is 4.07. The number of nitrogens with one attached hydrogen (secondary N) is 1. The van der Waals surface area contributed by atoms with Crippen molar-refractivity contribution in [2.75, 3.05) is 19.6 Å². The van der Waals surface area contributed by atoms with Crippen LogP contribution >= 0.6 is 0 Å². The minimum absolute atomic E-state index is 0.777. The molecule has 3 unspecified atom stereocenters. The summed E-state index contributed by atoms with van der Waals surface area (Å²) in [5, 5.41) is 3.57. The van der Waals surface area contributed by atoms with E-state index in [1.165, 1.54) is 64.6 Å². The molecule has 19 heavy (non-hydrogen) atoms. The molecular weight excluding hydrogens is 232 g/mol. The number of rotatable bonds is 7. The molecule has 0 aromatic rings. The Morgan fingerprint density at radius 1 is 1.11 bits per heavy atom. The molecule has 1 N–H and O–H groups in total. The van der Waals surface area contributed by atoms with Crippen LogP contribution < -0.4 is 5.32 Å². The molecule has 1 heterocycles. The van der Waals surface area contributed by atoms with Gasteiger partial charge in [0.15, 0.2) is 0 Å². The highest BCUT2D eigenvalue weighted by molar-refractivity contribution is 4.91. The van der Waals surface area contributed by atoms with Crippen LogP contribution in [0.1, 0.15) is 65.7 Å². The Labute approximate surface area is 120 Å². The normalized spacial score (nSPS) is 29.7. The minimum Gasteiger partial charge on any atom is -0.316 e. The first-order valence-corrected chi connectivity index (χ1v) is 8.65. The summed E-state index contributed by atoms with van der Waals surface area (Å²) in [6.07, 6.45) is 10.1. The molecule has 0 aromatic heterocycles. The topological polar surface area (TPSA) is 15.3 Å². The van der Waals surface area contributed by atoms with Crippen LogP contribution in [0.15, 0.2) is 0 Å². The van der Waals surface area contributed by atoms with Crippen molar-refractivity contribution in [3.8, 4) is 0 Å². The van der Waals surface area contributed by atoms with E-state index in [2.05, 4.69) is 31.0 Å². The Morgan fingerprint density at radius 3 is 2.68 bits per heavy atom. The third kappa shape index (κ3) is 4.46. The standard InChI is InChI=1S/C17H34N2/c1-14(2)13-18-11-6-7-15(3)19-12-10-16-8-4-5-9-17(16)19/h14-18H,4-13H2,1-3H3.